The van der Waals surface area contributed by atoms with Gasteiger partial charge < -0.3 is 15.0 Å². The lowest BCUT2D eigenvalue weighted by Gasteiger charge is -2.21. The zero-order chi connectivity index (χ0) is 13.4. The smallest absolute Gasteiger partial charge is 0.128 e. The Bertz CT molecular complexity index is 603. The monoisotopic (exact) mass is 257 g/mol. The van der Waals surface area contributed by atoms with Crippen LogP contribution in [0.5, 0.6) is 5.75 Å². The number of nitrogens with zero attached hydrogens (tertiary/aromatic N) is 2. The summed E-state index contributed by atoms with van der Waals surface area (Å²) in [7, 11) is 1.70. The highest BCUT2D eigenvalue weighted by atomic mass is 16.5. The maximum absolute atomic E-state index is 6.00. The van der Waals surface area contributed by atoms with Crippen molar-refractivity contribution in [3.8, 4) is 17.0 Å². The van der Waals surface area contributed by atoms with Gasteiger partial charge in [-0.3, -0.25) is 0 Å². The third-order valence-corrected chi connectivity index (χ3v) is 3.74. The van der Waals surface area contributed by atoms with Gasteiger partial charge in [0.1, 0.15) is 5.75 Å². The van der Waals surface area contributed by atoms with E-state index in [1.54, 1.807) is 7.11 Å². The van der Waals surface area contributed by atoms with Crippen LogP contribution in [0.1, 0.15) is 17.7 Å². The van der Waals surface area contributed by atoms with Gasteiger partial charge in [-0.15, -0.1) is 0 Å². The lowest BCUT2D eigenvalue weighted by Crippen LogP contribution is -2.31. The summed E-state index contributed by atoms with van der Waals surface area (Å²) < 4.78 is 7.63. The van der Waals surface area contributed by atoms with Gasteiger partial charge in [0.05, 0.1) is 19.1 Å². The summed E-state index contributed by atoms with van der Waals surface area (Å²) >= 11 is 0. The molecule has 3 rings (SSSR count). The minimum atomic E-state index is 0.244. The molecular weight excluding hydrogens is 238 g/mol. The first-order valence-corrected chi connectivity index (χ1v) is 6.63. The number of ether oxygens (including phenoxy) is 1. The number of rotatable bonds is 2. The highest BCUT2D eigenvalue weighted by Crippen LogP contribution is 2.33. The molecule has 2 heterocycles. The molecule has 2 N–H and O–H groups in total. The lowest BCUT2D eigenvalue weighted by molar-refractivity contribution is 0.416. The summed E-state index contributed by atoms with van der Waals surface area (Å²) in [5.41, 5.74) is 10.6. The molecule has 1 aliphatic heterocycles. The van der Waals surface area contributed by atoms with Crippen molar-refractivity contribution >= 4 is 0 Å². The van der Waals surface area contributed by atoms with Gasteiger partial charge in [-0.05, 0) is 31.9 Å². The largest absolute Gasteiger partial charge is 0.496 e. The fourth-order valence-electron chi connectivity index (χ4n) is 2.72. The molecular formula is C15H19N3O. The Balaban J connectivity index is 2.10. The van der Waals surface area contributed by atoms with Crippen molar-refractivity contribution in [2.24, 2.45) is 5.73 Å². The Kier molecular flexibility index (Phi) is 3.03. The van der Waals surface area contributed by atoms with Crippen molar-refractivity contribution in [2.75, 3.05) is 7.11 Å². The average molecular weight is 257 g/mol. The van der Waals surface area contributed by atoms with Gasteiger partial charge in [-0.2, -0.15) is 0 Å². The number of hydrogen-bond donors (Lipinski definition) is 1. The summed E-state index contributed by atoms with van der Waals surface area (Å²) in [6.07, 6.45) is 3.89. The van der Waals surface area contributed by atoms with Gasteiger partial charge >= 0.3 is 0 Å². The molecule has 1 aliphatic rings. The minimum Gasteiger partial charge on any atom is -0.496 e. The second-order valence-electron chi connectivity index (χ2n) is 5.19. The van der Waals surface area contributed by atoms with Crippen LogP contribution < -0.4 is 10.5 Å². The molecule has 0 bridgehead atoms. The number of methoxy groups -OCH3 is 1. The summed E-state index contributed by atoms with van der Waals surface area (Å²) in [4.78, 5) is 4.58. The molecule has 4 heteroatoms. The summed E-state index contributed by atoms with van der Waals surface area (Å²) in [6, 6.07) is 6.44. The molecule has 0 aliphatic carbocycles. The second-order valence-corrected chi connectivity index (χ2v) is 5.19. The normalized spacial score (nSPS) is 18.2. The third kappa shape index (κ3) is 2.12. The zero-order valence-corrected chi connectivity index (χ0v) is 11.4. The number of nitrogens with two attached hydrogens (primary N) is 1. The molecule has 0 fully saturated rings. The lowest BCUT2D eigenvalue weighted by atomic mass is 10.00. The van der Waals surface area contributed by atoms with Crippen LogP contribution >= 0.6 is 0 Å². The molecule has 0 amide bonds. The first-order valence-electron chi connectivity index (χ1n) is 6.63. The van der Waals surface area contributed by atoms with E-state index in [-0.39, 0.29) is 6.04 Å². The topological polar surface area (TPSA) is 53.1 Å². The molecule has 1 aromatic heterocycles. The maximum Gasteiger partial charge on any atom is 0.128 e. The van der Waals surface area contributed by atoms with Crippen molar-refractivity contribution in [2.45, 2.75) is 32.4 Å². The molecule has 0 saturated carbocycles. The van der Waals surface area contributed by atoms with E-state index in [0.717, 1.165) is 36.4 Å². The van der Waals surface area contributed by atoms with E-state index < -0.39 is 0 Å². The Morgan fingerprint density at radius 1 is 1.42 bits per heavy atom. The number of hydrogen-bond acceptors (Lipinski definition) is 3. The highest BCUT2D eigenvalue weighted by molar-refractivity contribution is 5.70. The van der Waals surface area contributed by atoms with Gasteiger partial charge in [0.15, 0.2) is 0 Å². The fraction of sp³-hybridized carbons (Fsp3) is 0.400. The molecule has 1 unspecified atom stereocenters. The molecule has 2 aromatic rings. The van der Waals surface area contributed by atoms with E-state index in [9.17, 15) is 0 Å². The van der Waals surface area contributed by atoms with Crippen LogP contribution in [0.2, 0.25) is 0 Å². The number of fused-ring (bicyclic) bond motifs is 1. The number of aryl methyl sites for hydroxylation is 1. The maximum atomic E-state index is 6.00. The number of imidazole rings is 1. The average Bonchev–Trinajstić information content (AvgIpc) is 2.81. The Labute approximate surface area is 113 Å². The number of aromatic nitrogens is 2. The standard InChI is InChI=1S/C15H19N3O/c1-10-3-6-14(19-2)12(7-10)15-13-5-4-11(16)8-18(13)9-17-15/h3,6-7,9,11H,4-5,8,16H2,1-2H3. The van der Waals surface area contributed by atoms with E-state index in [2.05, 4.69) is 28.6 Å². The molecule has 100 valence electrons. The van der Waals surface area contributed by atoms with E-state index in [1.165, 1.54) is 11.3 Å². The van der Waals surface area contributed by atoms with E-state index in [1.807, 2.05) is 12.4 Å². The molecule has 1 atom stereocenters. The van der Waals surface area contributed by atoms with Crippen LogP contribution in [0.4, 0.5) is 0 Å². The van der Waals surface area contributed by atoms with E-state index in [0.29, 0.717) is 0 Å². The minimum absolute atomic E-state index is 0.244. The third-order valence-electron chi connectivity index (χ3n) is 3.74. The van der Waals surface area contributed by atoms with Crippen LogP contribution in [0.15, 0.2) is 24.5 Å². The molecule has 0 spiro atoms. The molecule has 0 radical (unpaired) electrons. The van der Waals surface area contributed by atoms with Crippen molar-refractivity contribution in [3.63, 3.8) is 0 Å². The van der Waals surface area contributed by atoms with Gasteiger partial charge in [-0.1, -0.05) is 11.6 Å². The van der Waals surface area contributed by atoms with Crippen molar-refractivity contribution < 1.29 is 4.74 Å². The fourth-order valence-corrected chi connectivity index (χ4v) is 2.72. The van der Waals surface area contributed by atoms with Crippen molar-refractivity contribution in [3.05, 3.63) is 35.8 Å². The Hall–Kier alpha value is -1.81. The van der Waals surface area contributed by atoms with Crippen LogP contribution in [0.25, 0.3) is 11.3 Å². The summed E-state index contributed by atoms with van der Waals surface area (Å²) in [5.74, 6) is 0.877. The molecule has 19 heavy (non-hydrogen) atoms. The Morgan fingerprint density at radius 2 is 2.26 bits per heavy atom. The van der Waals surface area contributed by atoms with Gasteiger partial charge in [0.2, 0.25) is 0 Å². The summed E-state index contributed by atoms with van der Waals surface area (Å²) in [6.45, 7) is 2.94. The quantitative estimate of drug-likeness (QED) is 0.896. The van der Waals surface area contributed by atoms with Gasteiger partial charge in [0.25, 0.3) is 0 Å². The highest BCUT2D eigenvalue weighted by Gasteiger charge is 2.21. The second kappa shape index (κ2) is 4.70. The van der Waals surface area contributed by atoms with Gasteiger partial charge in [-0.25, -0.2) is 4.98 Å². The SMILES string of the molecule is COc1ccc(C)cc1-c1ncn2c1CCC(N)C2. The predicted molar refractivity (Wildman–Crippen MR) is 75.2 cm³/mol. The first kappa shape index (κ1) is 12.2. The van der Waals surface area contributed by atoms with Crippen molar-refractivity contribution in [1.82, 2.24) is 9.55 Å². The first-order chi connectivity index (χ1) is 9.19. The van der Waals surface area contributed by atoms with Crippen LogP contribution in [-0.4, -0.2) is 22.7 Å². The zero-order valence-electron chi connectivity index (χ0n) is 11.4. The van der Waals surface area contributed by atoms with E-state index in [4.69, 9.17) is 10.5 Å². The summed E-state index contributed by atoms with van der Waals surface area (Å²) in [5, 5.41) is 0. The predicted octanol–water partition coefficient (Wildman–Crippen LogP) is 2.14. The number of benzene rings is 1. The molecule has 1 aromatic carbocycles. The van der Waals surface area contributed by atoms with E-state index >= 15 is 0 Å². The molecule has 0 saturated heterocycles. The Morgan fingerprint density at radius 3 is 3.05 bits per heavy atom. The van der Waals surface area contributed by atoms with Crippen LogP contribution in [0.3, 0.4) is 0 Å². The van der Waals surface area contributed by atoms with Crippen molar-refractivity contribution in [1.29, 1.82) is 0 Å². The van der Waals surface area contributed by atoms with Crippen LogP contribution in [0, 0.1) is 6.92 Å². The van der Waals surface area contributed by atoms with Gasteiger partial charge in [0, 0.05) is 23.8 Å². The molecule has 4 nitrogen and oxygen atoms in total. The van der Waals surface area contributed by atoms with Crippen LogP contribution in [-0.2, 0) is 13.0 Å².